The molecule has 0 radical (unpaired) electrons. The summed E-state index contributed by atoms with van der Waals surface area (Å²) in [4.78, 5) is 0.231. The van der Waals surface area contributed by atoms with E-state index < -0.39 is 16.1 Å². The van der Waals surface area contributed by atoms with Crippen molar-refractivity contribution in [1.29, 1.82) is 0 Å². The Bertz CT molecular complexity index is 564. The van der Waals surface area contributed by atoms with Crippen LogP contribution >= 0.6 is 0 Å². The predicted octanol–water partition coefficient (Wildman–Crippen LogP) is 2.60. The summed E-state index contributed by atoms with van der Waals surface area (Å²) >= 11 is 0. The summed E-state index contributed by atoms with van der Waals surface area (Å²) in [7, 11) is -3.49. The number of sulfonamides is 1. The van der Waals surface area contributed by atoms with Crippen LogP contribution in [0.4, 0.5) is 0 Å². The molecule has 0 amide bonds. The number of rotatable bonds is 7. The summed E-state index contributed by atoms with van der Waals surface area (Å²) in [5.74, 6) is 0. The van der Waals surface area contributed by atoms with Gasteiger partial charge in [0, 0.05) is 6.54 Å². The summed E-state index contributed by atoms with van der Waals surface area (Å²) < 4.78 is 27.3. The van der Waals surface area contributed by atoms with Gasteiger partial charge in [0.1, 0.15) is 0 Å². The second kappa shape index (κ2) is 5.84. The zero-order valence-corrected chi connectivity index (χ0v) is 12.9. The fraction of sp³-hybridized carbons (Fsp3) is 0.600. The molecule has 1 fully saturated rings. The van der Waals surface area contributed by atoms with Gasteiger partial charge in [-0.1, -0.05) is 26.0 Å². The lowest BCUT2D eigenvalue weighted by molar-refractivity contribution is 0.173. The normalized spacial score (nSPS) is 18.8. The summed E-state index contributed by atoms with van der Waals surface area (Å²) in [6.45, 7) is 4.47. The highest BCUT2D eigenvalue weighted by Gasteiger charge is 2.41. The van der Waals surface area contributed by atoms with E-state index in [1.54, 1.807) is 24.3 Å². The summed E-state index contributed by atoms with van der Waals surface area (Å²) in [5, 5.41) is 9.81. The SMILES string of the molecule is CCC(O)c1cccc(S(=O)(=O)NCC2(CC)CC2)c1. The standard InChI is InChI=1S/C15H23NO3S/c1-3-14(17)12-6-5-7-13(10-12)20(18,19)16-11-15(4-2)8-9-15/h5-7,10,14,16-17H,3-4,8-9,11H2,1-2H3. The van der Waals surface area contributed by atoms with Crippen molar-refractivity contribution in [1.82, 2.24) is 4.72 Å². The number of aliphatic hydroxyl groups excluding tert-OH is 1. The molecule has 20 heavy (non-hydrogen) atoms. The van der Waals surface area contributed by atoms with Crippen LogP contribution in [0.3, 0.4) is 0 Å². The lowest BCUT2D eigenvalue weighted by Gasteiger charge is -2.15. The van der Waals surface area contributed by atoms with Gasteiger partial charge >= 0.3 is 0 Å². The largest absolute Gasteiger partial charge is 0.388 e. The maximum atomic E-state index is 12.3. The van der Waals surface area contributed by atoms with Crippen LogP contribution in [0.1, 0.15) is 51.2 Å². The van der Waals surface area contributed by atoms with Crippen LogP contribution in [0.5, 0.6) is 0 Å². The van der Waals surface area contributed by atoms with E-state index in [9.17, 15) is 13.5 Å². The zero-order valence-electron chi connectivity index (χ0n) is 12.1. The topological polar surface area (TPSA) is 66.4 Å². The van der Waals surface area contributed by atoms with E-state index in [0.29, 0.717) is 18.5 Å². The van der Waals surface area contributed by atoms with Crippen molar-refractivity contribution in [3.05, 3.63) is 29.8 Å². The molecule has 112 valence electrons. The third kappa shape index (κ3) is 3.40. The van der Waals surface area contributed by atoms with Crippen LogP contribution in [0.25, 0.3) is 0 Å². The Hall–Kier alpha value is -0.910. The van der Waals surface area contributed by atoms with Gasteiger partial charge in [0.05, 0.1) is 11.0 Å². The van der Waals surface area contributed by atoms with Gasteiger partial charge in [-0.3, -0.25) is 0 Å². The highest BCUT2D eigenvalue weighted by atomic mass is 32.2. The second-order valence-electron chi connectivity index (χ2n) is 5.67. The first-order valence-corrected chi connectivity index (χ1v) is 8.68. The van der Waals surface area contributed by atoms with E-state index >= 15 is 0 Å². The quantitative estimate of drug-likeness (QED) is 0.813. The molecule has 0 aliphatic heterocycles. The fourth-order valence-corrected chi connectivity index (χ4v) is 3.50. The third-order valence-electron chi connectivity index (χ3n) is 4.28. The monoisotopic (exact) mass is 297 g/mol. The van der Waals surface area contributed by atoms with E-state index in [0.717, 1.165) is 19.3 Å². The molecule has 0 aromatic heterocycles. The lowest BCUT2D eigenvalue weighted by Crippen LogP contribution is -2.30. The van der Waals surface area contributed by atoms with Crippen molar-refractivity contribution in [3.8, 4) is 0 Å². The molecular weight excluding hydrogens is 274 g/mol. The van der Waals surface area contributed by atoms with Gasteiger partial charge in [0.15, 0.2) is 0 Å². The molecule has 1 aliphatic rings. The number of hydrogen-bond donors (Lipinski definition) is 2. The predicted molar refractivity (Wildman–Crippen MR) is 78.8 cm³/mol. The number of aliphatic hydroxyl groups is 1. The Labute approximate surface area is 121 Å². The Morgan fingerprint density at radius 3 is 2.60 bits per heavy atom. The summed E-state index contributed by atoms with van der Waals surface area (Å²) in [5.41, 5.74) is 0.820. The van der Waals surface area contributed by atoms with Crippen LogP contribution in [-0.4, -0.2) is 20.1 Å². The van der Waals surface area contributed by atoms with Gasteiger partial charge in [-0.2, -0.15) is 0 Å². The number of benzene rings is 1. The van der Waals surface area contributed by atoms with Gasteiger partial charge in [-0.15, -0.1) is 0 Å². The van der Waals surface area contributed by atoms with Crippen molar-refractivity contribution < 1.29 is 13.5 Å². The van der Waals surface area contributed by atoms with Gasteiger partial charge in [-0.25, -0.2) is 13.1 Å². The molecule has 0 spiro atoms. The van der Waals surface area contributed by atoms with Crippen LogP contribution in [0.2, 0.25) is 0 Å². The van der Waals surface area contributed by atoms with E-state index in [1.807, 2.05) is 6.92 Å². The summed E-state index contributed by atoms with van der Waals surface area (Å²) in [6.07, 6.45) is 3.15. The van der Waals surface area contributed by atoms with E-state index in [2.05, 4.69) is 11.6 Å². The molecule has 0 heterocycles. The molecule has 1 saturated carbocycles. The first-order chi connectivity index (χ1) is 9.42. The highest BCUT2D eigenvalue weighted by Crippen LogP contribution is 2.48. The molecule has 1 atom stereocenters. The molecule has 1 unspecified atom stereocenters. The Morgan fingerprint density at radius 2 is 2.05 bits per heavy atom. The zero-order chi connectivity index (χ0) is 14.8. The molecule has 0 bridgehead atoms. The van der Waals surface area contributed by atoms with Crippen molar-refractivity contribution in [2.45, 2.75) is 50.5 Å². The van der Waals surface area contributed by atoms with Crippen molar-refractivity contribution in [2.24, 2.45) is 5.41 Å². The first-order valence-electron chi connectivity index (χ1n) is 7.20. The Kier molecular flexibility index (Phi) is 4.52. The molecule has 0 saturated heterocycles. The first kappa shape index (κ1) is 15.5. The number of hydrogen-bond acceptors (Lipinski definition) is 3. The van der Waals surface area contributed by atoms with Gasteiger partial charge < -0.3 is 5.11 Å². The Morgan fingerprint density at radius 1 is 1.35 bits per heavy atom. The van der Waals surface area contributed by atoms with Crippen molar-refractivity contribution in [2.75, 3.05) is 6.54 Å². The molecule has 1 aromatic rings. The smallest absolute Gasteiger partial charge is 0.240 e. The second-order valence-corrected chi connectivity index (χ2v) is 7.44. The minimum absolute atomic E-state index is 0.174. The van der Waals surface area contributed by atoms with Gasteiger partial charge in [0.25, 0.3) is 0 Å². The van der Waals surface area contributed by atoms with E-state index in [1.165, 1.54) is 0 Å². The van der Waals surface area contributed by atoms with Crippen LogP contribution in [-0.2, 0) is 10.0 Å². The molecule has 4 nitrogen and oxygen atoms in total. The molecule has 2 N–H and O–H groups in total. The molecule has 2 rings (SSSR count). The summed E-state index contributed by atoms with van der Waals surface area (Å²) in [6, 6.07) is 6.55. The van der Waals surface area contributed by atoms with Crippen LogP contribution < -0.4 is 4.72 Å². The average molecular weight is 297 g/mol. The van der Waals surface area contributed by atoms with Crippen LogP contribution in [0.15, 0.2) is 29.2 Å². The van der Waals surface area contributed by atoms with E-state index in [4.69, 9.17) is 0 Å². The van der Waals surface area contributed by atoms with Crippen LogP contribution in [0, 0.1) is 5.41 Å². The van der Waals surface area contributed by atoms with Gasteiger partial charge in [0.2, 0.25) is 10.0 Å². The average Bonchev–Trinajstić information content (AvgIpc) is 3.25. The number of nitrogens with one attached hydrogen (secondary N) is 1. The van der Waals surface area contributed by atoms with Gasteiger partial charge in [-0.05, 0) is 48.8 Å². The molecule has 1 aliphatic carbocycles. The Balaban J connectivity index is 2.13. The lowest BCUT2D eigenvalue weighted by atomic mass is 10.1. The minimum Gasteiger partial charge on any atom is -0.388 e. The maximum Gasteiger partial charge on any atom is 0.240 e. The highest BCUT2D eigenvalue weighted by molar-refractivity contribution is 7.89. The minimum atomic E-state index is -3.49. The fourth-order valence-electron chi connectivity index (χ4n) is 2.29. The maximum absolute atomic E-state index is 12.3. The van der Waals surface area contributed by atoms with E-state index in [-0.39, 0.29) is 10.3 Å². The molecular formula is C15H23NO3S. The van der Waals surface area contributed by atoms with Crippen molar-refractivity contribution >= 4 is 10.0 Å². The molecule has 1 aromatic carbocycles. The van der Waals surface area contributed by atoms with Crippen molar-refractivity contribution in [3.63, 3.8) is 0 Å². The third-order valence-corrected chi connectivity index (χ3v) is 5.68. The molecule has 5 heteroatoms.